The van der Waals surface area contributed by atoms with Crippen molar-refractivity contribution in [2.24, 2.45) is 5.41 Å². The van der Waals surface area contributed by atoms with Crippen molar-refractivity contribution < 1.29 is 8.42 Å². The van der Waals surface area contributed by atoms with Crippen molar-refractivity contribution in [1.29, 1.82) is 0 Å². The largest absolute Gasteiger partial charge is 0.368 e. The van der Waals surface area contributed by atoms with E-state index in [0.29, 0.717) is 28.8 Å². The van der Waals surface area contributed by atoms with Crippen molar-refractivity contribution in [1.82, 2.24) is 28.9 Å². The van der Waals surface area contributed by atoms with Gasteiger partial charge in [-0.05, 0) is 18.2 Å². The van der Waals surface area contributed by atoms with Gasteiger partial charge in [-0.3, -0.25) is 9.36 Å². The van der Waals surface area contributed by atoms with Crippen molar-refractivity contribution in [3.05, 3.63) is 69.5 Å². The Bertz CT molecular complexity index is 1680. The first-order chi connectivity index (χ1) is 16.6. The van der Waals surface area contributed by atoms with Gasteiger partial charge in [0, 0.05) is 18.2 Å². The second-order valence-corrected chi connectivity index (χ2v) is 11.4. The van der Waals surface area contributed by atoms with Gasteiger partial charge in [-0.2, -0.15) is 10.1 Å². The predicted molar refractivity (Wildman–Crippen MR) is 130 cm³/mol. The van der Waals surface area contributed by atoms with Crippen molar-refractivity contribution in [3.63, 3.8) is 0 Å². The van der Waals surface area contributed by atoms with Crippen LogP contribution in [0, 0.1) is 5.41 Å². The quantitative estimate of drug-likeness (QED) is 0.424. The number of halogens is 1. The molecular formula is C22H21ClN8O3S. The van der Waals surface area contributed by atoms with E-state index in [-0.39, 0.29) is 39.7 Å². The number of anilines is 2. The lowest BCUT2D eigenvalue weighted by atomic mass is 9.74. The smallest absolute Gasteiger partial charge is 0.284 e. The van der Waals surface area contributed by atoms with Crippen molar-refractivity contribution in [2.45, 2.75) is 31.3 Å². The summed E-state index contributed by atoms with van der Waals surface area (Å²) in [6.45, 7) is 4.56. The highest BCUT2D eigenvalue weighted by Crippen LogP contribution is 2.51. The highest BCUT2D eigenvalue weighted by Gasteiger charge is 2.52. The highest BCUT2D eigenvalue weighted by molar-refractivity contribution is 7.90. The molecule has 1 saturated heterocycles. The van der Waals surface area contributed by atoms with Gasteiger partial charge < -0.3 is 10.6 Å². The Morgan fingerprint density at radius 1 is 1.17 bits per heavy atom. The summed E-state index contributed by atoms with van der Waals surface area (Å²) in [7, 11) is -3.80. The number of sulfonamides is 1. The number of rotatable bonds is 3. The molecule has 0 bridgehead atoms. The van der Waals surface area contributed by atoms with Gasteiger partial charge in [-0.25, -0.2) is 22.6 Å². The Kier molecular flexibility index (Phi) is 4.57. The SMILES string of the molecule is CC1(C)CN(c2nc(N)nc3c2S(=O)(=O)NC3)[C@@H]1c1nn2ccc(Cl)c2c(=O)n1-c1ccccc1. The van der Waals surface area contributed by atoms with Crippen LogP contribution in [0.3, 0.4) is 0 Å². The standard InChI is InChI=1S/C22H21ClN8O3S/c1-22(2)11-29(18-16-14(26-21(24)27-18)10-25-35(16,33)34)17(22)19-28-30-9-8-13(23)15(30)20(32)31(19)12-6-4-3-5-7-12/h3-9,17,25H,10-11H2,1-2H3,(H2,24,26,27)/t17-/m1/s1. The van der Waals surface area contributed by atoms with Gasteiger partial charge in [-0.15, -0.1) is 0 Å². The normalized spacial score (nSPS) is 20.1. The van der Waals surface area contributed by atoms with Crippen LogP contribution in [0.15, 0.2) is 52.3 Å². The summed E-state index contributed by atoms with van der Waals surface area (Å²) < 4.78 is 31.1. The van der Waals surface area contributed by atoms with Crippen molar-refractivity contribution >= 4 is 38.9 Å². The van der Waals surface area contributed by atoms with Crippen LogP contribution in [0.2, 0.25) is 5.02 Å². The third-order valence-corrected chi connectivity index (χ3v) is 8.24. The molecule has 1 atom stereocenters. The summed E-state index contributed by atoms with van der Waals surface area (Å²) in [6.07, 6.45) is 1.63. The zero-order valence-corrected chi connectivity index (χ0v) is 20.4. The van der Waals surface area contributed by atoms with Crippen LogP contribution in [0.5, 0.6) is 0 Å². The lowest BCUT2D eigenvalue weighted by Gasteiger charge is -2.54. The van der Waals surface area contributed by atoms with Crippen LogP contribution in [-0.4, -0.2) is 39.1 Å². The molecule has 5 heterocycles. The fraction of sp³-hybridized carbons (Fsp3) is 0.273. The number of fused-ring (bicyclic) bond motifs is 2. The third-order valence-electron chi connectivity index (χ3n) is 6.46. The fourth-order valence-corrected chi connectivity index (χ4v) is 6.52. The molecular weight excluding hydrogens is 492 g/mol. The summed E-state index contributed by atoms with van der Waals surface area (Å²) in [6, 6.07) is 10.2. The number of nitrogens with one attached hydrogen (secondary N) is 1. The van der Waals surface area contributed by atoms with Crippen molar-refractivity contribution in [3.8, 4) is 5.69 Å². The lowest BCUT2D eigenvalue weighted by Crippen LogP contribution is -2.58. The average Bonchev–Trinajstić information content (AvgIpc) is 3.31. The number of benzene rings is 1. The van der Waals surface area contributed by atoms with Crippen molar-refractivity contribution in [2.75, 3.05) is 17.2 Å². The summed E-state index contributed by atoms with van der Waals surface area (Å²) in [5.41, 5.74) is 6.41. The van der Waals surface area contributed by atoms with Crippen LogP contribution >= 0.6 is 11.6 Å². The summed E-state index contributed by atoms with van der Waals surface area (Å²) in [5, 5.41) is 5.09. The Balaban J connectivity index is 1.63. The Morgan fingerprint density at radius 2 is 1.91 bits per heavy atom. The molecule has 0 amide bonds. The van der Waals surface area contributed by atoms with E-state index in [4.69, 9.17) is 22.4 Å². The number of aromatic nitrogens is 5. The Hall–Kier alpha value is -3.48. The zero-order chi connectivity index (χ0) is 24.7. The zero-order valence-electron chi connectivity index (χ0n) is 18.8. The number of hydrogen-bond donors (Lipinski definition) is 2. The van der Waals surface area contributed by atoms with Crippen LogP contribution < -0.4 is 20.9 Å². The summed E-state index contributed by atoms with van der Waals surface area (Å²) in [4.78, 5) is 24.0. The molecule has 2 aliphatic heterocycles. The second-order valence-electron chi connectivity index (χ2n) is 9.32. The van der Waals surface area contributed by atoms with E-state index in [9.17, 15) is 13.2 Å². The van der Waals surface area contributed by atoms with Crippen LogP contribution in [0.25, 0.3) is 11.2 Å². The van der Waals surface area contributed by atoms with E-state index >= 15 is 0 Å². The molecule has 13 heteroatoms. The number of hydrogen-bond acceptors (Lipinski definition) is 8. The average molecular weight is 513 g/mol. The first-order valence-electron chi connectivity index (χ1n) is 10.9. The molecule has 11 nitrogen and oxygen atoms in total. The number of nitrogens with two attached hydrogens (primary N) is 1. The highest BCUT2D eigenvalue weighted by atomic mass is 35.5. The van der Waals surface area contributed by atoms with Crippen LogP contribution in [-0.2, 0) is 16.6 Å². The van der Waals surface area contributed by atoms with E-state index in [2.05, 4.69) is 14.7 Å². The minimum atomic E-state index is -3.80. The van der Waals surface area contributed by atoms with Gasteiger partial charge in [-0.1, -0.05) is 43.6 Å². The van der Waals surface area contributed by atoms with Gasteiger partial charge in [0.05, 0.1) is 29.0 Å². The van der Waals surface area contributed by atoms with Gasteiger partial charge in [0.2, 0.25) is 16.0 Å². The molecule has 2 aliphatic rings. The Labute approximate surface area is 205 Å². The third kappa shape index (κ3) is 3.17. The van der Waals surface area contributed by atoms with Gasteiger partial charge in [0.1, 0.15) is 10.4 Å². The lowest BCUT2D eigenvalue weighted by molar-refractivity contribution is 0.165. The molecule has 3 N–H and O–H groups in total. The maximum Gasteiger partial charge on any atom is 0.284 e. The van der Waals surface area contributed by atoms with Gasteiger partial charge in [0.15, 0.2) is 11.6 Å². The number of nitrogens with zero attached hydrogens (tertiary/aromatic N) is 6. The van der Waals surface area contributed by atoms with Gasteiger partial charge in [0.25, 0.3) is 5.56 Å². The van der Waals surface area contributed by atoms with Crippen LogP contribution in [0.1, 0.15) is 31.4 Å². The molecule has 1 aromatic carbocycles. The minimum absolute atomic E-state index is 0.00546. The summed E-state index contributed by atoms with van der Waals surface area (Å²) >= 11 is 6.32. The van der Waals surface area contributed by atoms with E-state index < -0.39 is 16.1 Å². The maximum absolute atomic E-state index is 13.7. The second kappa shape index (κ2) is 7.26. The maximum atomic E-state index is 13.7. The van der Waals surface area contributed by atoms with Gasteiger partial charge >= 0.3 is 0 Å². The molecule has 180 valence electrons. The first kappa shape index (κ1) is 22.0. The molecule has 0 saturated carbocycles. The first-order valence-corrected chi connectivity index (χ1v) is 12.7. The molecule has 1 fully saturated rings. The topological polar surface area (TPSA) is 141 Å². The predicted octanol–water partition coefficient (Wildman–Crippen LogP) is 1.89. The number of para-hydroxylation sites is 1. The monoisotopic (exact) mass is 512 g/mol. The Morgan fingerprint density at radius 3 is 2.63 bits per heavy atom. The van der Waals surface area contributed by atoms with E-state index in [0.717, 1.165) is 0 Å². The minimum Gasteiger partial charge on any atom is -0.368 e. The van der Waals surface area contributed by atoms with E-state index in [1.807, 2.05) is 49.1 Å². The molecule has 4 aromatic rings. The molecule has 0 aliphatic carbocycles. The molecule has 3 aromatic heterocycles. The molecule has 6 rings (SSSR count). The molecule has 0 unspecified atom stereocenters. The van der Waals surface area contributed by atoms with E-state index in [1.54, 1.807) is 12.3 Å². The van der Waals surface area contributed by atoms with E-state index in [1.165, 1.54) is 9.08 Å². The van der Waals surface area contributed by atoms with Crippen LogP contribution in [0.4, 0.5) is 11.8 Å². The number of nitrogen functional groups attached to an aromatic ring is 1. The molecule has 0 radical (unpaired) electrons. The summed E-state index contributed by atoms with van der Waals surface area (Å²) in [5.74, 6) is 0.593. The molecule has 35 heavy (non-hydrogen) atoms. The molecule has 0 spiro atoms. The fourth-order valence-electron chi connectivity index (χ4n) is 4.99.